The summed E-state index contributed by atoms with van der Waals surface area (Å²) < 4.78 is 5.19. The van der Waals surface area contributed by atoms with E-state index in [1.807, 2.05) is 30.3 Å². The molecular weight excluding hydrogens is 398 g/mol. The van der Waals surface area contributed by atoms with E-state index < -0.39 is 6.10 Å². The molecule has 1 atom stereocenters. The van der Waals surface area contributed by atoms with E-state index >= 15 is 0 Å². The quantitative estimate of drug-likeness (QED) is 0.512. The topological polar surface area (TPSA) is 78.5 Å². The van der Waals surface area contributed by atoms with Crippen molar-refractivity contribution in [3.05, 3.63) is 62.5 Å². The molecule has 1 aromatic carbocycles. The van der Waals surface area contributed by atoms with Crippen molar-refractivity contribution >= 4 is 21.6 Å². The van der Waals surface area contributed by atoms with Crippen molar-refractivity contribution < 1.29 is 9.84 Å². The van der Waals surface area contributed by atoms with E-state index in [2.05, 4.69) is 9.88 Å². The standard InChI is InChI=1S/C23H29N3O3S/c1-29-13-7-12-26(14-18(27)16-8-3-2-4-9-16)15-20-24-22(28)21-17-10-5-6-11-19(17)30-23(21)25-20/h2-4,8-9,18,27H,5-7,10-15H2,1H3,(H,24,25,28). The van der Waals surface area contributed by atoms with Gasteiger partial charge in [-0.25, -0.2) is 4.98 Å². The Balaban J connectivity index is 1.55. The number of aromatic amines is 1. The number of hydrogen-bond donors (Lipinski definition) is 2. The monoisotopic (exact) mass is 427 g/mol. The summed E-state index contributed by atoms with van der Waals surface area (Å²) in [6.07, 6.45) is 4.61. The predicted molar refractivity (Wildman–Crippen MR) is 120 cm³/mol. The molecule has 3 aromatic rings. The van der Waals surface area contributed by atoms with Gasteiger partial charge >= 0.3 is 0 Å². The molecule has 2 N–H and O–H groups in total. The average Bonchev–Trinajstić information content (AvgIpc) is 3.13. The molecule has 7 heteroatoms. The van der Waals surface area contributed by atoms with Gasteiger partial charge in [-0.05, 0) is 43.2 Å². The van der Waals surface area contributed by atoms with Crippen LogP contribution in [0.4, 0.5) is 0 Å². The van der Waals surface area contributed by atoms with Crippen molar-refractivity contribution in [2.45, 2.75) is 44.8 Å². The van der Waals surface area contributed by atoms with Gasteiger partial charge in [0.05, 0.1) is 18.0 Å². The van der Waals surface area contributed by atoms with Crippen molar-refractivity contribution in [2.24, 2.45) is 0 Å². The minimum Gasteiger partial charge on any atom is -0.387 e. The first-order chi connectivity index (χ1) is 14.7. The van der Waals surface area contributed by atoms with Crippen LogP contribution in [-0.2, 0) is 24.1 Å². The molecular formula is C23H29N3O3S. The SMILES string of the molecule is COCCCN(Cc1nc2sc3c(c2c(=O)[nH]1)CCCC3)CC(O)c1ccccc1. The number of nitrogens with one attached hydrogen (secondary N) is 1. The Morgan fingerprint density at radius 1 is 1.27 bits per heavy atom. The van der Waals surface area contributed by atoms with E-state index in [1.54, 1.807) is 18.4 Å². The number of methoxy groups -OCH3 is 1. The first-order valence-electron chi connectivity index (χ1n) is 10.6. The first kappa shape index (κ1) is 21.2. The van der Waals surface area contributed by atoms with Gasteiger partial charge in [-0.1, -0.05) is 30.3 Å². The molecule has 2 heterocycles. The molecule has 0 spiro atoms. The Labute approximate surface area is 180 Å². The van der Waals surface area contributed by atoms with Crippen LogP contribution in [0.15, 0.2) is 35.1 Å². The Morgan fingerprint density at radius 2 is 2.07 bits per heavy atom. The zero-order valence-corrected chi connectivity index (χ0v) is 18.2. The number of ether oxygens (including phenoxy) is 1. The fraction of sp³-hybridized carbons (Fsp3) is 0.478. The molecule has 1 aliphatic rings. The zero-order valence-electron chi connectivity index (χ0n) is 17.4. The maximum atomic E-state index is 12.8. The molecule has 0 aliphatic heterocycles. The lowest BCUT2D eigenvalue weighted by Gasteiger charge is -2.24. The van der Waals surface area contributed by atoms with E-state index in [4.69, 9.17) is 9.72 Å². The summed E-state index contributed by atoms with van der Waals surface area (Å²) in [7, 11) is 1.69. The molecule has 0 saturated carbocycles. The van der Waals surface area contributed by atoms with Crippen LogP contribution in [0.25, 0.3) is 10.2 Å². The predicted octanol–water partition coefficient (Wildman–Crippen LogP) is 3.44. The summed E-state index contributed by atoms with van der Waals surface area (Å²) in [5, 5.41) is 11.5. The maximum absolute atomic E-state index is 12.8. The molecule has 1 aliphatic carbocycles. The van der Waals surface area contributed by atoms with Crippen molar-refractivity contribution in [3.8, 4) is 0 Å². The number of aliphatic hydroxyl groups is 1. The largest absolute Gasteiger partial charge is 0.387 e. The number of aliphatic hydroxyl groups excluding tert-OH is 1. The number of thiophene rings is 1. The van der Waals surface area contributed by atoms with Gasteiger partial charge in [-0.3, -0.25) is 9.69 Å². The van der Waals surface area contributed by atoms with Gasteiger partial charge < -0.3 is 14.8 Å². The minimum absolute atomic E-state index is 0.0325. The third kappa shape index (κ3) is 4.81. The van der Waals surface area contributed by atoms with Crippen LogP contribution >= 0.6 is 11.3 Å². The lowest BCUT2D eigenvalue weighted by molar-refractivity contribution is 0.0981. The highest BCUT2D eigenvalue weighted by molar-refractivity contribution is 7.18. The number of rotatable bonds is 9. The number of H-pyrrole nitrogens is 1. The van der Waals surface area contributed by atoms with E-state index in [1.165, 1.54) is 16.9 Å². The maximum Gasteiger partial charge on any atom is 0.259 e. The number of aryl methyl sites for hydroxylation is 2. The second-order valence-corrected chi connectivity index (χ2v) is 9.00. The van der Waals surface area contributed by atoms with Gasteiger partial charge in [0, 0.05) is 31.7 Å². The van der Waals surface area contributed by atoms with Gasteiger partial charge in [-0.15, -0.1) is 11.3 Å². The first-order valence-corrected chi connectivity index (χ1v) is 11.4. The van der Waals surface area contributed by atoms with E-state index in [0.29, 0.717) is 25.5 Å². The molecule has 0 saturated heterocycles. The van der Waals surface area contributed by atoms with E-state index in [9.17, 15) is 9.90 Å². The molecule has 0 bridgehead atoms. The third-order valence-electron chi connectivity index (χ3n) is 5.69. The highest BCUT2D eigenvalue weighted by Gasteiger charge is 2.21. The zero-order chi connectivity index (χ0) is 20.9. The summed E-state index contributed by atoms with van der Waals surface area (Å²) in [6, 6.07) is 9.66. The second kappa shape index (κ2) is 9.83. The van der Waals surface area contributed by atoms with Crippen molar-refractivity contribution in [1.29, 1.82) is 0 Å². The molecule has 6 nitrogen and oxygen atoms in total. The number of nitrogens with zero attached hydrogens (tertiary/aromatic N) is 2. The number of aromatic nitrogens is 2. The molecule has 2 aromatic heterocycles. The van der Waals surface area contributed by atoms with Crippen LogP contribution in [0.3, 0.4) is 0 Å². The highest BCUT2D eigenvalue weighted by atomic mass is 32.1. The Morgan fingerprint density at radius 3 is 2.87 bits per heavy atom. The van der Waals surface area contributed by atoms with Crippen LogP contribution in [0.5, 0.6) is 0 Å². The Kier molecular flexibility index (Phi) is 6.94. The number of fused-ring (bicyclic) bond motifs is 3. The fourth-order valence-corrected chi connectivity index (χ4v) is 5.47. The van der Waals surface area contributed by atoms with Crippen LogP contribution in [-0.4, -0.2) is 46.8 Å². The van der Waals surface area contributed by atoms with Crippen LogP contribution in [0, 0.1) is 0 Å². The van der Waals surface area contributed by atoms with Crippen molar-refractivity contribution in [2.75, 3.05) is 26.8 Å². The van der Waals surface area contributed by atoms with Gasteiger partial charge in [-0.2, -0.15) is 0 Å². The molecule has 4 rings (SSSR count). The summed E-state index contributed by atoms with van der Waals surface area (Å²) in [5.41, 5.74) is 2.06. The minimum atomic E-state index is -0.599. The smallest absolute Gasteiger partial charge is 0.259 e. The van der Waals surface area contributed by atoms with Gasteiger partial charge in [0.1, 0.15) is 10.7 Å². The van der Waals surface area contributed by atoms with Crippen molar-refractivity contribution in [3.63, 3.8) is 0 Å². The van der Waals surface area contributed by atoms with Crippen LogP contribution in [0.2, 0.25) is 0 Å². The Bertz CT molecular complexity index is 1030. The average molecular weight is 428 g/mol. The lowest BCUT2D eigenvalue weighted by atomic mass is 9.97. The third-order valence-corrected chi connectivity index (χ3v) is 6.87. The van der Waals surface area contributed by atoms with Crippen LogP contribution < -0.4 is 5.56 Å². The molecule has 0 fully saturated rings. The Hall–Kier alpha value is -2.06. The van der Waals surface area contributed by atoms with Gasteiger partial charge in [0.15, 0.2) is 0 Å². The van der Waals surface area contributed by atoms with Gasteiger partial charge in [0.25, 0.3) is 5.56 Å². The van der Waals surface area contributed by atoms with Crippen LogP contribution in [0.1, 0.15) is 47.2 Å². The number of benzene rings is 1. The normalized spacial score (nSPS) is 14.9. The molecule has 30 heavy (non-hydrogen) atoms. The fourth-order valence-electron chi connectivity index (χ4n) is 4.19. The summed E-state index contributed by atoms with van der Waals surface area (Å²) in [4.78, 5) is 24.9. The summed E-state index contributed by atoms with van der Waals surface area (Å²) in [5.74, 6) is 0.656. The molecule has 0 radical (unpaired) electrons. The van der Waals surface area contributed by atoms with Gasteiger partial charge in [0.2, 0.25) is 0 Å². The molecule has 160 valence electrons. The number of hydrogen-bond acceptors (Lipinski definition) is 6. The van der Waals surface area contributed by atoms with Crippen molar-refractivity contribution in [1.82, 2.24) is 14.9 Å². The highest BCUT2D eigenvalue weighted by Crippen LogP contribution is 2.33. The summed E-state index contributed by atoms with van der Waals surface area (Å²) in [6.45, 7) is 2.36. The van der Waals surface area contributed by atoms with E-state index in [0.717, 1.165) is 48.0 Å². The van der Waals surface area contributed by atoms with E-state index in [-0.39, 0.29) is 5.56 Å². The molecule has 0 amide bonds. The summed E-state index contributed by atoms with van der Waals surface area (Å²) >= 11 is 1.67. The lowest BCUT2D eigenvalue weighted by Crippen LogP contribution is -2.31. The second-order valence-electron chi connectivity index (χ2n) is 7.91. The molecule has 1 unspecified atom stereocenters.